The quantitative estimate of drug-likeness (QED) is 0.868. The summed E-state index contributed by atoms with van der Waals surface area (Å²) in [5.41, 5.74) is 8.41. The molecule has 2 aromatic rings. The Balaban J connectivity index is 2.45. The van der Waals surface area contributed by atoms with Crippen LogP contribution in [0.3, 0.4) is 0 Å². The van der Waals surface area contributed by atoms with E-state index in [-0.39, 0.29) is 6.04 Å². The third kappa shape index (κ3) is 2.61. The first-order chi connectivity index (χ1) is 8.11. The second-order valence-corrected chi connectivity index (χ2v) is 5.75. The minimum atomic E-state index is 0.180. The number of anilines is 1. The summed E-state index contributed by atoms with van der Waals surface area (Å²) in [6.07, 6.45) is 1.07. The number of hydrogen-bond acceptors (Lipinski definition) is 3. The van der Waals surface area contributed by atoms with Gasteiger partial charge in [0, 0.05) is 27.5 Å². The standard InChI is InChI=1S/C14H20N2S/c1-4-12-14(16-8-10(3)15)11-7-9(2)5-6-13(11)17-12/h5-7,10,16H,4,8,15H2,1-3H3/t10-/m1/s1. The molecule has 1 aromatic carbocycles. The van der Waals surface area contributed by atoms with Crippen molar-refractivity contribution >= 4 is 27.1 Å². The van der Waals surface area contributed by atoms with Gasteiger partial charge in [0.25, 0.3) is 0 Å². The van der Waals surface area contributed by atoms with Gasteiger partial charge in [-0.05, 0) is 32.4 Å². The van der Waals surface area contributed by atoms with Crippen LogP contribution in [-0.4, -0.2) is 12.6 Å². The molecule has 2 nitrogen and oxygen atoms in total. The Hall–Kier alpha value is -1.06. The Morgan fingerprint density at radius 2 is 2.18 bits per heavy atom. The molecule has 0 saturated carbocycles. The van der Waals surface area contributed by atoms with E-state index in [1.807, 2.05) is 18.3 Å². The third-order valence-electron chi connectivity index (χ3n) is 2.84. The van der Waals surface area contributed by atoms with E-state index in [0.717, 1.165) is 13.0 Å². The van der Waals surface area contributed by atoms with Gasteiger partial charge >= 0.3 is 0 Å². The van der Waals surface area contributed by atoms with Crippen molar-refractivity contribution < 1.29 is 0 Å². The molecule has 0 fully saturated rings. The maximum atomic E-state index is 5.82. The first-order valence-electron chi connectivity index (χ1n) is 6.13. The lowest BCUT2D eigenvalue weighted by Gasteiger charge is -2.10. The first-order valence-corrected chi connectivity index (χ1v) is 6.95. The molecule has 0 aliphatic carbocycles. The summed E-state index contributed by atoms with van der Waals surface area (Å²) in [5.74, 6) is 0. The van der Waals surface area contributed by atoms with Crippen LogP contribution >= 0.6 is 11.3 Å². The lowest BCUT2D eigenvalue weighted by Crippen LogP contribution is -2.25. The highest BCUT2D eigenvalue weighted by molar-refractivity contribution is 7.19. The van der Waals surface area contributed by atoms with Crippen molar-refractivity contribution in [3.05, 3.63) is 28.6 Å². The van der Waals surface area contributed by atoms with E-state index >= 15 is 0 Å². The molecule has 0 radical (unpaired) electrons. The fourth-order valence-electron chi connectivity index (χ4n) is 1.97. The van der Waals surface area contributed by atoms with Gasteiger partial charge in [-0.15, -0.1) is 11.3 Å². The van der Waals surface area contributed by atoms with Gasteiger partial charge in [0.05, 0.1) is 5.69 Å². The van der Waals surface area contributed by atoms with E-state index < -0.39 is 0 Å². The van der Waals surface area contributed by atoms with Crippen LogP contribution in [-0.2, 0) is 6.42 Å². The van der Waals surface area contributed by atoms with Crippen molar-refractivity contribution in [3.8, 4) is 0 Å². The highest BCUT2D eigenvalue weighted by Gasteiger charge is 2.10. The Labute approximate surface area is 107 Å². The lowest BCUT2D eigenvalue weighted by atomic mass is 10.1. The Morgan fingerprint density at radius 1 is 1.41 bits per heavy atom. The summed E-state index contributed by atoms with van der Waals surface area (Å²) in [5, 5.41) is 4.84. The SMILES string of the molecule is CCc1sc2ccc(C)cc2c1NC[C@@H](C)N. The van der Waals surface area contributed by atoms with Crippen molar-refractivity contribution in [2.24, 2.45) is 5.73 Å². The van der Waals surface area contributed by atoms with Crippen LogP contribution in [0.1, 0.15) is 24.3 Å². The molecule has 1 heterocycles. The first kappa shape index (κ1) is 12.4. The maximum absolute atomic E-state index is 5.82. The minimum Gasteiger partial charge on any atom is -0.382 e. The zero-order chi connectivity index (χ0) is 12.4. The molecule has 1 atom stereocenters. The molecule has 0 aliphatic rings. The zero-order valence-electron chi connectivity index (χ0n) is 10.7. The Bertz CT molecular complexity index is 514. The average Bonchev–Trinajstić information content (AvgIpc) is 2.63. The van der Waals surface area contributed by atoms with E-state index in [9.17, 15) is 0 Å². The second kappa shape index (κ2) is 5.07. The summed E-state index contributed by atoms with van der Waals surface area (Å²) >= 11 is 1.88. The van der Waals surface area contributed by atoms with E-state index in [1.165, 1.54) is 26.2 Å². The van der Waals surface area contributed by atoms with Crippen LogP contribution in [0.4, 0.5) is 5.69 Å². The monoisotopic (exact) mass is 248 g/mol. The van der Waals surface area contributed by atoms with E-state index in [1.54, 1.807) is 0 Å². The number of rotatable bonds is 4. The summed E-state index contributed by atoms with van der Waals surface area (Å²) in [4.78, 5) is 1.42. The highest BCUT2D eigenvalue weighted by Crippen LogP contribution is 2.36. The number of nitrogens with two attached hydrogens (primary N) is 1. The normalized spacial score (nSPS) is 12.9. The van der Waals surface area contributed by atoms with Gasteiger partial charge in [-0.3, -0.25) is 0 Å². The topological polar surface area (TPSA) is 38.0 Å². The second-order valence-electron chi connectivity index (χ2n) is 4.61. The number of benzene rings is 1. The van der Waals surface area contributed by atoms with E-state index in [2.05, 4.69) is 37.4 Å². The molecular formula is C14H20N2S. The van der Waals surface area contributed by atoms with E-state index in [4.69, 9.17) is 5.73 Å². The molecule has 0 unspecified atom stereocenters. The predicted octanol–water partition coefficient (Wildman–Crippen LogP) is 3.53. The number of aryl methyl sites for hydroxylation is 2. The lowest BCUT2D eigenvalue weighted by molar-refractivity contribution is 0.780. The number of thiophene rings is 1. The van der Waals surface area contributed by atoms with Crippen LogP contribution in [0.25, 0.3) is 10.1 Å². The van der Waals surface area contributed by atoms with Gasteiger partial charge in [0.2, 0.25) is 0 Å². The molecule has 0 spiro atoms. The minimum absolute atomic E-state index is 0.180. The fourth-order valence-corrected chi connectivity index (χ4v) is 3.07. The molecule has 1 aromatic heterocycles. The van der Waals surface area contributed by atoms with Gasteiger partial charge in [0.1, 0.15) is 0 Å². The van der Waals surface area contributed by atoms with Crippen molar-refractivity contribution in [3.63, 3.8) is 0 Å². The van der Waals surface area contributed by atoms with Crippen LogP contribution < -0.4 is 11.1 Å². The van der Waals surface area contributed by atoms with Gasteiger partial charge in [-0.25, -0.2) is 0 Å². The summed E-state index contributed by atoms with van der Waals surface area (Å²) in [6.45, 7) is 7.19. The highest BCUT2D eigenvalue weighted by atomic mass is 32.1. The van der Waals surface area contributed by atoms with Crippen molar-refractivity contribution in [2.75, 3.05) is 11.9 Å². The molecule has 92 valence electrons. The van der Waals surface area contributed by atoms with Crippen LogP contribution in [0, 0.1) is 6.92 Å². The Kier molecular flexibility index (Phi) is 3.69. The van der Waals surface area contributed by atoms with E-state index in [0.29, 0.717) is 0 Å². The van der Waals surface area contributed by atoms with Gasteiger partial charge in [0.15, 0.2) is 0 Å². The molecule has 3 heteroatoms. The summed E-state index contributed by atoms with van der Waals surface area (Å²) in [6, 6.07) is 6.83. The number of hydrogen-bond donors (Lipinski definition) is 2. The van der Waals surface area contributed by atoms with Crippen LogP contribution in [0.5, 0.6) is 0 Å². The van der Waals surface area contributed by atoms with Crippen LogP contribution in [0.15, 0.2) is 18.2 Å². The molecule has 3 N–H and O–H groups in total. The predicted molar refractivity (Wildman–Crippen MR) is 78.1 cm³/mol. The van der Waals surface area contributed by atoms with Gasteiger partial charge < -0.3 is 11.1 Å². The zero-order valence-corrected chi connectivity index (χ0v) is 11.5. The number of nitrogens with one attached hydrogen (secondary N) is 1. The Morgan fingerprint density at radius 3 is 2.82 bits per heavy atom. The molecule has 0 saturated heterocycles. The van der Waals surface area contributed by atoms with Gasteiger partial charge in [-0.1, -0.05) is 18.6 Å². The molecule has 17 heavy (non-hydrogen) atoms. The average molecular weight is 248 g/mol. The van der Waals surface area contributed by atoms with Gasteiger partial charge in [-0.2, -0.15) is 0 Å². The largest absolute Gasteiger partial charge is 0.382 e. The number of fused-ring (bicyclic) bond motifs is 1. The molecule has 0 bridgehead atoms. The third-order valence-corrected chi connectivity index (χ3v) is 4.15. The fraction of sp³-hybridized carbons (Fsp3) is 0.429. The summed E-state index contributed by atoms with van der Waals surface area (Å²) in [7, 11) is 0. The van der Waals surface area contributed by atoms with Crippen molar-refractivity contribution in [1.82, 2.24) is 0 Å². The molecule has 2 rings (SSSR count). The molecular weight excluding hydrogens is 228 g/mol. The molecule has 0 aliphatic heterocycles. The smallest absolute Gasteiger partial charge is 0.0562 e. The van der Waals surface area contributed by atoms with Crippen molar-refractivity contribution in [1.29, 1.82) is 0 Å². The summed E-state index contributed by atoms with van der Waals surface area (Å²) < 4.78 is 1.36. The van der Waals surface area contributed by atoms with Crippen molar-refractivity contribution in [2.45, 2.75) is 33.2 Å². The maximum Gasteiger partial charge on any atom is 0.0562 e. The van der Waals surface area contributed by atoms with Crippen LogP contribution in [0.2, 0.25) is 0 Å². The molecule has 0 amide bonds.